The van der Waals surface area contributed by atoms with Gasteiger partial charge in [-0.3, -0.25) is 4.79 Å². The molecule has 1 aliphatic rings. The van der Waals surface area contributed by atoms with E-state index >= 15 is 0 Å². The van der Waals surface area contributed by atoms with Crippen molar-refractivity contribution in [2.45, 2.75) is 10.6 Å². The zero-order chi connectivity index (χ0) is 13.9. The molecule has 2 unspecified atom stereocenters. The van der Waals surface area contributed by atoms with Gasteiger partial charge in [0.05, 0.1) is 0 Å². The van der Waals surface area contributed by atoms with Gasteiger partial charge in [0.25, 0.3) is 0 Å². The number of carbonyl (C=O) groups is 1. The number of nitrogens with one attached hydrogen (secondary N) is 1. The predicted octanol–water partition coefficient (Wildman–Crippen LogP) is 3.13. The quantitative estimate of drug-likeness (QED) is 0.521. The molecule has 0 aromatic heterocycles. The second-order valence-electron chi connectivity index (χ2n) is 3.92. The Bertz CT molecular complexity index is 535. The summed E-state index contributed by atoms with van der Waals surface area (Å²) in [4.78, 5) is 15.1. The molecule has 0 aliphatic carbocycles. The summed E-state index contributed by atoms with van der Waals surface area (Å²) in [5, 5.41) is 3.26. The number of nitrogens with zero attached hydrogens (tertiary/aromatic N) is 1. The zero-order valence-corrected chi connectivity index (χ0v) is 12.5. The average Bonchev–Trinajstić information content (AvgIpc) is 2.46. The minimum atomic E-state index is -2.07. The Morgan fingerprint density at radius 2 is 2.16 bits per heavy atom. The molecule has 19 heavy (non-hydrogen) atoms. The molecule has 100 valence electrons. The highest BCUT2D eigenvalue weighted by Gasteiger charge is 2.41. The summed E-state index contributed by atoms with van der Waals surface area (Å²) in [5.74, 6) is -2.41. The summed E-state index contributed by atoms with van der Waals surface area (Å²) >= 11 is 4.42. The van der Waals surface area contributed by atoms with Gasteiger partial charge < -0.3 is 5.32 Å². The highest BCUT2D eigenvalue weighted by Crippen LogP contribution is 2.31. The van der Waals surface area contributed by atoms with E-state index in [0.717, 1.165) is 0 Å². The average molecular weight is 343 g/mol. The topological polar surface area (TPSA) is 41.5 Å². The number of ketones is 1. The normalized spacial score (nSPS) is 23.4. The summed E-state index contributed by atoms with van der Waals surface area (Å²) in [7, 11) is 0. The van der Waals surface area contributed by atoms with Gasteiger partial charge in [-0.05, 0) is 12.3 Å². The number of carbonyl (C=O) groups excluding carboxylic acids is 1. The summed E-state index contributed by atoms with van der Waals surface area (Å²) in [5.41, 5.74) is 0.453. The van der Waals surface area contributed by atoms with Gasteiger partial charge in [0.1, 0.15) is 4.83 Å². The van der Waals surface area contributed by atoms with Gasteiger partial charge in [0.15, 0.2) is 11.0 Å². The number of aliphatic imine (C=N–C) groups is 1. The van der Waals surface area contributed by atoms with Crippen LogP contribution in [-0.4, -0.2) is 27.8 Å². The van der Waals surface area contributed by atoms with Crippen molar-refractivity contribution in [3.8, 4) is 0 Å². The highest BCUT2D eigenvalue weighted by molar-refractivity contribution is 9.10. The molecule has 0 amide bonds. The zero-order valence-electron chi connectivity index (χ0n) is 10.1. The van der Waals surface area contributed by atoms with E-state index in [-0.39, 0.29) is 5.78 Å². The lowest BCUT2D eigenvalue weighted by Gasteiger charge is -2.26. The standard InChI is InChI=1S/C13H12BrFN2OS/c1-19-12-16-8-7-13(15,17-12)11(14)10(18)9-5-3-2-4-6-9/h2-8,11H,1H3,(H,16,17). The van der Waals surface area contributed by atoms with Gasteiger partial charge in [-0.1, -0.05) is 58.0 Å². The largest absolute Gasteiger partial charge is 0.342 e. The van der Waals surface area contributed by atoms with E-state index in [1.165, 1.54) is 24.0 Å². The summed E-state index contributed by atoms with van der Waals surface area (Å²) < 4.78 is 14.7. The molecule has 0 saturated carbocycles. The van der Waals surface area contributed by atoms with E-state index in [4.69, 9.17) is 0 Å². The molecule has 2 rings (SSSR count). The molecule has 1 N–H and O–H groups in total. The van der Waals surface area contributed by atoms with Crippen LogP contribution in [0.5, 0.6) is 0 Å². The third-order valence-electron chi connectivity index (χ3n) is 2.63. The van der Waals surface area contributed by atoms with Crippen LogP contribution in [0.3, 0.4) is 0 Å². The maximum Gasteiger partial charge on any atom is 0.242 e. The first-order valence-electron chi connectivity index (χ1n) is 5.57. The van der Waals surface area contributed by atoms with E-state index in [2.05, 4.69) is 26.2 Å². The van der Waals surface area contributed by atoms with E-state index < -0.39 is 10.6 Å². The first kappa shape index (κ1) is 14.3. The highest BCUT2D eigenvalue weighted by atomic mass is 79.9. The number of benzene rings is 1. The van der Waals surface area contributed by atoms with Crippen LogP contribution < -0.4 is 5.32 Å². The molecule has 3 nitrogen and oxygen atoms in total. The van der Waals surface area contributed by atoms with Crippen LogP contribution in [0.1, 0.15) is 10.4 Å². The Balaban J connectivity index is 2.26. The van der Waals surface area contributed by atoms with E-state index in [1.807, 2.05) is 0 Å². The molecule has 0 radical (unpaired) electrons. The number of thioether (sulfide) groups is 1. The first-order valence-corrected chi connectivity index (χ1v) is 7.71. The number of amidine groups is 1. The summed E-state index contributed by atoms with van der Waals surface area (Å²) in [6, 6.07) is 8.60. The molecule has 0 fully saturated rings. The van der Waals surface area contributed by atoms with Crippen molar-refractivity contribution < 1.29 is 9.18 Å². The Hall–Kier alpha value is -1.14. The molecular formula is C13H12BrFN2OS. The minimum absolute atomic E-state index is 0.334. The Morgan fingerprint density at radius 3 is 2.79 bits per heavy atom. The number of alkyl halides is 2. The van der Waals surface area contributed by atoms with Crippen LogP contribution in [0.2, 0.25) is 0 Å². The van der Waals surface area contributed by atoms with Crippen molar-refractivity contribution in [3.05, 3.63) is 48.2 Å². The minimum Gasteiger partial charge on any atom is -0.342 e. The van der Waals surface area contributed by atoms with Crippen LogP contribution in [0.25, 0.3) is 0 Å². The van der Waals surface area contributed by atoms with Gasteiger partial charge in [0, 0.05) is 11.8 Å². The van der Waals surface area contributed by atoms with Crippen LogP contribution in [-0.2, 0) is 0 Å². The van der Waals surface area contributed by atoms with Crippen LogP contribution in [0, 0.1) is 0 Å². The van der Waals surface area contributed by atoms with E-state index in [1.54, 1.807) is 36.6 Å². The third kappa shape index (κ3) is 3.06. The van der Waals surface area contributed by atoms with Crippen LogP contribution >= 0.6 is 27.7 Å². The van der Waals surface area contributed by atoms with Crippen molar-refractivity contribution in [2.75, 3.05) is 6.26 Å². The molecule has 0 saturated heterocycles. The van der Waals surface area contributed by atoms with Crippen LogP contribution in [0.15, 0.2) is 47.6 Å². The molecule has 0 spiro atoms. The number of hydrogen-bond donors (Lipinski definition) is 1. The molecule has 1 heterocycles. The van der Waals surface area contributed by atoms with E-state index in [0.29, 0.717) is 10.7 Å². The Morgan fingerprint density at radius 1 is 1.47 bits per heavy atom. The summed E-state index contributed by atoms with van der Waals surface area (Å²) in [6.07, 6.45) is 4.49. The van der Waals surface area contributed by atoms with Crippen molar-refractivity contribution in [3.63, 3.8) is 0 Å². The van der Waals surface area contributed by atoms with Gasteiger partial charge in [-0.2, -0.15) is 0 Å². The lowest BCUT2D eigenvalue weighted by Crippen LogP contribution is -2.40. The molecular weight excluding hydrogens is 331 g/mol. The van der Waals surface area contributed by atoms with Crippen molar-refractivity contribution in [1.82, 2.24) is 5.32 Å². The predicted molar refractivity (Wildman–Crippen MR) is 80.6 cm³/mol. The van der Waals surface area contributed by atoms with Gasteiger partial charge in [0.2, 0.25) is 5.79 Å². The molecule has 1 aliphatic heterocycles. The smallest absolute Gasteiger partial charge is 0.242 e. The third-order valence-corrected chi connectivity index (χ3v) is 4.29. The molecule has 1 aromatic carbocycles. The second-order valence-corrected chi connectivity index (χ2v) is 5.63. The fourth-order valence-electron chi connectivity index (χ4n) is 1.63. The Kier molecular flexibility index (Phi) is 4.42. The lowest BCUT2D eigenvalue weighted by molar-refractivity contribution is 0.0927. The van der Waals surface area contributed by atoms with Crippen LogP contribution in [0.4, 0.5) is 4.39 Å². The summed E-state index contributed by atoms with van der Waals surface area (Å²) in [6.45, 7) is 0. The maximum absolute atomic E-state index is 14.7. The van der Waals surface area contributed by atoms with Crippen molar-refractivity contribution in [2.24, 2.45) is 4.99 Å². The number of Topliss-reactive ketones (excluding diaryl/α,β-unsaturated/α-hetero) is 1. The monoisotopic (exact) mass is 342 g/mol. The van der Waals surface area contributed by atoms with E-state index in [9.17, 15) is 9.18 Å². The molecule has 6 heteroatoms. The molecule has 2 atom stereocenters. The lowest BCUT2D eigenvalue weighted by atomic mass is 10.0. The fourth-order valence-corrected chi connectivity index (χ4v) is 2.57. The van der Waals surface area contributed by atoms with Crippen molar-refractivity contribution in [1.29, 1.82) is 0 Å². The Labute approximate surface area is 123 Å². The SMILES string of the molecule is CSC1=NC(F)(C(Br)C(=O)c2ccccc2)C=CN1. The number of hydrogen-bond acceptors (Lipinski definition) is 4. The van der Waals surface area contributed by atoms with Gasteiger partial charge >= 0.3 is 0 Å². The number of halogens is 2. The van der Waals surface area contributed by atoms with Gasteiger partial charge in [-0.25, -0.2) is 9.38 Å². The first-order chi connectivity index (χ1) is 9.07. The van der Waals surface area contributed by atoms with Gasteiger partial charge in [-0.15, -0.1) is 0 Å². The number of rotatable bonds is 3. The second kappa shape index (κ2) is 5.88. The fraction of sp³-hybridized carbons (Fsp3) is 0.231. The molecule has 1 aromatic rings. The van der Waals surface area contributed by atoms with Crippen molar-refractivity contribution >= 4 is 38.6 Å². The maximum atomic E-state index is 14.7. The molecule has 0 bridgehead atoms.